The Kier molecular flexibility index (Phi) is 8.05. The van der Waals surface area contributed by atoms with E-state index in [2.05, 4.69) is 0 Å². The summed E-state index contributed by atoms with van der Waals surface area (Å²) in [6.07, 6.45) is 1.68. The van der Waals surface area contributed by atoms with Crippen LogP contribution < -0.4 is 9.47 Å². The molecule has 1 aliphatic rings. The van der Waals surface area contributed by atoms with Crippen LogP contribution in [0.5, 0.6) is 11.5 Å². The van der Waals surface area contributed by atoms with Gasteiger partial charge in [-0.25, -0.2) is 4.79 Å². The Morgan fingerprint density at radius 3 is 2.50 bits per heavy atom. The van der Waals surface area contributed by atoms with E-state index in [0.29, 0.717) is 41.9 Å². The van der Waals surface area contributed by atoms with Crippen molar-refractivity contribution in [1.82, 2.24) is 4.90 Å². The molecule has 32 heavy (non-hydrogen) atoms. The van der Waals surface area contributed by atoms with Gasteiger partial charge < -0.3 is 14.2 Å². The second-order valence-electron chi connectivity index (χ2n) is 6.65. The van der Waals surface area contributed by atoms with Crippen LogP contribution in [-0.2, 0) is 20.9 Å². The maximum Gasteiger partial charge on any atom is 0.328 e. The molecule has 0 unspecified atom stereocenters. The number of amides is 1. The van der Waals surface area contributed by atoms with Gasteiger partial charge in [-0.15, -0.1) is 0 Å². The lowest BCUT2D eigenvalue weighted by Gasteiger charge is -2.20. The lowest BCUT2D eigenvalue weighted by molar-refractivity contribution is -0.147. The molecule has 168 valence electrons. The van der Waals surface area contributed by atoms with E-state index in [9.17, 15) is 9.59 Å². The molecule has 0 saturated carbocycles. The maximum absolute atomic E-state index is 12.8. The van der Waals surface area contributed by atoms with Crippen LogP contribution in [0.4, 0.5) is 0 Å². The fraction of sp³-hybridized carbons (Fsp3) is 0.227. The van der Waals surface area contributed by atoms with Crippen molar-refractivity contribution in [3.05, 3.63) is 62.5 Å². The molecule has 1 atom stereocenters. The van der Waals surface area contributed by atoms with Gasteiger partial charge in [0, 0.05) is 15.6 Å². The van der Waals surface area contributed by atoms with Gasteiger partial charge >= 0.3 is 5.97 Å². The molecule has 0 spiro atoms. The van der Waals surface area contributed by atoms with E-state index in [4.69, 9.17) is 49.6 Å². The highest BCUT2D eigenvalue weighted by atomic mass is 35.5. The summed E-state index contributed by atoms with van der Waals surface area (Å²) < 4.78 is 16.3. The second-order valence-corrected chi connectivity index (χ2v) is 9.14. The minimum atomic E-state index is -0.805. The smallest absolute Gasteiger partial charge is 0.328 e. The first-order chi connectivity index (χ1) is 15.3. The number of rotatable bonds is 7. The number of carbonyl (C=O) groups is 2. The van der Waals surface area contributed by atoms with Crippen molar-refractivity contribution in [2.24, 2.45) is 0 Å². The fourth-order valence-electron chi connectivity index (χ4n) is 2.95. The van der Waals surface area contributed by atoms with Crippen LogP contribution in [0, 0.1) is 0 Å². The Hall–Kier alpha value is -2.26. The molecule has 0 aromatic heterocycles. The van der Waals surface area contributed by atoms with Crippen LogP contribution in [0.2, 0.25) is 10.0 Å². The summed E-state index contributed by atoms with van der Waals surface area (Å²) >= 11 is 18.8. The molecule has 1 aliphatic heterocycles. The maximum atomic E-state index is 12.8. The summed E-state index contributed by atoms with van der Waals surface area (Å²) in [5, 5.41) is 1.02. The van der Waals surface area contributed by atoms with Crippen LogP contribution in [0.15, 0.2) is 41.3 Å². The largest absolute Gasteiger partial charge is 0.493 e. The number of ether oxygens (including phenoxy) is 3. The number of nitrogens with zero attached hydrogens (tertiary/aromatic N) is 1. The van der Waals surface area contributed by atoms with Crippen LogP contribution in [0.1, 0.15) is 18.1 Å². The summed E-state index contributed by atoms with van der Waals surface area (Å²) in [6.45, 7) is 1.73. The molecule has 2 aromatic carbocycles. The minimum absolute atomic E-state index is 0.165. The quantitative estimate of drug-likeness (QED) is 0.282. The molecular formula is C22H19Cl2NO5S2. The van der Waals surface area contributed by atoms with Crippen LogP contribution >= 0.6 is 47.2 Å². The number of esters is 1. The van der Waals surface area contributed by atoms with E-state index in [-0.39, 0.29) is 12.5 Å². The number of thiocarbonyl (C=S) groups is 1. The predicted octanol–water partition coefficient (Wildman–Crippen LogP) is 5.34. The van der Waals surface area contributed by atoms with Gasteiger partial charge in [0.05, 0.1) is 19.1 Å². The van der Waals surface area contributed by atoms with Gasteiger partial charge in [-0.1, -0.05) is 59.3 Å². The number of hydrogen-bond acceptors (Lipinski definition) is 7. The predicted molar refractivity (Wildman–Crippen MR) is 130 cm³/mol. The van der Waals surface area contributed by atoms with Gasteiger partial charge in [-0.3, -0.25) is 9.69 Å². The van der Waals surface area contributed by atoms with Gasteiger partial charge in [-0.2, -0.15) is 0 Å². The molecule has 1 saturated heterocycles. The molecule has 0 aliphatic carbocycles. The number of hydrogen-bond donors (Lipinski definition) is 0. The van der Waals surface area contributed by atoms with Crippen molar-refractivity contribution in [3.8, 4) is 11.5 Å². The second kappa shape index (κ2) is 10.6. The lowest BCUT2D eigenvalue weighted by atomic mass is 10.1. The van der Waals surface area contributed by atoms with Crippen molar-refractivity contribution in [1.29, 1.82) is 0 Å². The lowest BCUT2D eigenvalue weighted by Crippen LogP contribution is -2.42. The topological polar surface area (TPSA) is 65.1 Å². The van der Waals surface area contributed by atoms with Crippen LogP contribution in [-0.4, -0.2) is 41.4 Å². The highest BCUT2D eigenvalue weighted by Gasteiger charge is 2.38. The van der Waals surface area contributed by atoms with E-state index < -0.39 is 12.0 Å². The molecule has 0 bridgehead atoms. The average Bonchev–Trinajstić information content (AvgIpc) is 3.05. The monoisotopic (exact) mass is 511 g/mol. The number of carbonyl (C=O) groups excluding carboxylic acids is 2. The summed E-state index contributed by atoms with van der Waals surface area (Å²) in [6, 6.07) is 9.68. The molecule has 0 radical (unpaired) electrons. The molecule has 1 heterocycles. The summed E-state index contributed by atoms with van der Waals surface area (Å²) in [7, 11) is 2.79. The summed E-state index contributed by atoms with van der Waals surface area (Å²) in [4.78, 5) is 26.3. The molecule has 3 rings (SSSR count). The zero-order valence-electron chi connectivity index (χ0n) is 17.4. The normalized spacial score (nSPS) is 15.8. The first kappa shape index (κ1) is 24.4. The summed E-state index contributed by atoms with van der Waals surface area (Å²) in [5.74, 6) is 0.0720. The van der Waals surface area contributed by atoms with Gasteiger partial charge in [-0.05, 0) is 42.8 Å². The van der Waals surface area contributed by atoms with Gasteiger partial charge in [0.2, 0.25) is 0 Å². The fourth-order valence-corrected chi connectivity index (χ4v) is 4.88. The Labute approximate surface area is 205 Å². The van der Waals surface area contributed by atoms with Gasteiger partial charge in [0.1, 0.15) is 17.0 Å². The molecule has 2 aromatic rings. The molecular weight excluding hydrogens is 493 g/mol. The standard InChI is InChI=1S/C22H19Cl2NO5S2/c1-12(21(27)29-3)25-20(26)19(32-22(25)31)10-13-7-8-17(18(9-13)28-2)30-11-14-15(23)5-4-6-16(14)24/h4-10,12H,11H2,1-3H3/b19-10-/t12-/m1/s1. The van der Waals surface area contributed by atoms with E-state index in [0.717, 1.165) is 11.8 Å². The highest BCUT2D eigenvalue weighted by molar-refractivity contribution is 8.26. The van der Waals surface area contributed by atoms with Crippen LogP contribution in [0.3, 0.4) is 0 Å². The van der Waals surface area contributed by atoms with Crippen molar-refractivity contribution >= 4 is 69.5 Å². The van der Waals surface area contributed by atoms with Crippen molar-refractivity contribution in [2.45, 2.75) is 19.6 Å². The van der Waals surface area contributed by atoms with Crippen molar-refractivity contribution in [2.75, 3.05) is 14.2 Å². The third kappa shape index (κ3) is 5.20. The zero-order valence-corrected chi connectivity index (χ0v) is 20.5. The van der Waals surface area contributed by atoms with E-state index in [1.54, 1.807) is 49.4 Å². The van der Waals surface area contributed by atoms with Crippen LogP contribution in [0.25, 0.3) is 6.08 Å². The Morgan fingerprint density at radius 1 is 1.19 bits per heavy atom. The van der Waals surface area contributed by atoms with E-state index in [1.165, 1.54) is 19.1 Å². The molecule has 1 fully saturated rings. The molecule has 6 nitrogen and oxygen atoms in total. The molecule has 0 N–H and O–H groups in total. The number of benzene rings is 2. The number of halogens is 2. The third-order valence-corrected chi connectivity index (χ3v) is 6.71. The van der Waals surface area contributed by atoms with E-state index in [1.807, 2.05) is 0 Å². The Bertz CT molecular complexity index is 1090. The average molecular weight is 512 g/mol. The number of methoxy groups -OCH3 is 2. The Balaban J connectivity index is 1.80. The third-order valence-electron chi connectivity index (χ3n) is 4.67. The first-order valence-corrected chi connectivity index (χ1v) is 11.3. The molecule has 10 heteroatoms. The Morgan fingerprint density at radius 2 is 1.88 bits per heavy atom. The van der Waals surface area contributed by atoms with Gasteiger partial charge in [0.15, 0.2) is 11.5 Å². The van der Waals surface area contributed by atoms with E-state index >= 15 is 0 Å². The minimum Gasteiger partial charge on any atom is -0.493 e. The summed E-state index contributed by atoms with van der Waals surface area (Å²) in [5.41, 5.74) is 1.38. The first-order valence-electron chi connectivity index (χ1n) is 9.35. The van der Waals surface area contributed by atoms with Gasteiger partial charge in [0.25, 0.3) is 5.91 Å². The van der Waals surface area contributed by atoms with Crippen molar-refractivity contribution < 1.29 is 23.8 Å². The highest BCUT2D eigenvalue weighted by Crippen LogP contribution is 2.36. The zero-order chi connectivity index (χ0) is 23.4. The molecule has 1 amide bonds. The SMILES string of the molecule is COC(=O)[C@@H](C)N1C(=O)/C(=C/c2ccc(OCc3c(Cl)cccc3Cl)c(OC)c2)SC1=S. The van der Waals surface area contributed by atoms with Crippen molar-refractivity contribution in [3.63, 3.8) is 0 Å². The number of thioether (sulfide) groups is 1.